The number of hydrogen-bond donors (Lipinski definition) is 0. The van der Waals surface area contributed by atoms with Crippen LogP contribution in [-0.2, 0) is 22.1 Å². The number of hydrogen-bond acceptors (Lipinski definition) is 3. The molecular formula is C15H22N2O3. The lowest BCUT2D eigenvalue weighted by atomic mass is 9.93. The van der Waals surface area contributed by atoms with Crippen LogP contribution in [0.3, 0.4) is 0 Å². The van der Waals surface area contributed by atoms with E-state index in [1.165, 1.54) is 5.69 Å². The lowest BCUT2D eigenvalue weighted by Crippen LogP contribution is -2.44. The molecule has 3 rings (SSSR count). The van der Waals surface area contributed by atoms with Crippen molar-refractivity contribution in [1.82, 2.24) is 9.47 Å². The first-order chi connectivity index (χ1) is 9.32. The highest BCUT2D eigenvalue weighted by atomic mass is 16.6. The van der Waals surface area contributed by atoms with Crippen molar-refractivity contribution in [3.63, 3.8) is 0 Å². The van der Waals surface area contributed by atoms with Crippen molar-refractivity contribution in [1.29, 1.82) is 0 Å². The molecule has 1 amide bonds. The molecule has 0 N–H and O–H groups in total. The number of carbonyl (C=O) groups excluding carboxylic acids is 1. The zero-order chi connectivity index (χ0) is 14.5. The summed E-state index contributed by atoms with van der Waals surface area (Å²) >= 11 is 0. The van der Waals surface area contributed by atoms with Crippen molar-refractivity contribution < 1.29 is 14.3 Å². The van der Waals surface area contributed by atoms with E-state index in [1.54, 1.807) is 4.90 Å². The number of rotatable bonds is 1. The van der Waals surface area contributed by atoms with E-state index in [0.717, 1.165) is 6.42 Å². The smallest absolute Gasteiger partial charge is 0.410 e. The maximum Gasteiger partial charge on any atom is 0.410 e. The average molecular weight is 278 g/mol. The van der Waals surface area contributed by atoms with Crippen molar-refractivity contribution >= 4 is 6.09 Å². The third-order valence-electron chi connectivity index (χ3n) is 3.98. The minimum atomic E-state index is -0.450. The molecule has 0 radical (unpaired) electrons. The third kappa shape index (κ3) is 2.20. The highest BCUT2D eigenvalue weighted by Gasteiger charge is 2.62. The SMILES string of the molecule is Cn1cccc1[C@@]12CCN(C(=O)OC(C)(C)C)C[C@@H]1O2. The molecule has 2 fully saturated rings. The molecule has 3 heterocycles. The van der Waals surface area contributed by atoms with Gasteiger partial charge in [0.1, 0.15) is 17.3 Å². The molecule has 0 spiro atoms. The standard InChI is InChI=1S/C15H22N2O3/c1-14(2,3)20-13(18)17-9-7-15(12(10-17)19-15)11-6-5-8-16(11)4/h5-6,8,12H,7,9-10H2,1-4H3/t12-,15-/m0/s1. The average Bonchev–Trinajstić information content (AvgIpc) is 2.92. The zero-order valence-corrected chi connectivity index (χ0v) is 12.5. The minimum absolute atomic E-state index is 0.0948. The van der Waals surface area contributed by atoms with Crippen LogP contribution in [-0.4, -0.2) is 40.4 Å². The monoisotopic (exact) mass is 278 g/mol. The van der Waals surface area contributed by atoms with Gasteiger partial charge in [-0.15, -0.1) is 0 Å². The van der Waals surface area contributed by atoms with Crippen LogP contribution in [0, 0.1) is 0 Å². The normalized spacial score (nSPS) is 29.0. The fourth-order valence-corrected chi connectivity index (χ4v) is 2.96. The van der Waals surface area contributed by atoms with Gasteiger partial charge in [0.05, 0.1) is 12.2 Å². The van der Waals surface area contributed by atoms with E-state index in [9.17, 15) is 4.79 Å². The summed E-state index contributed by atoms with van der Waals surface area (Å²) in [5, 5.41) is 0. The topological polar surface area (TPSA) is 47.0 Å². The van der Waals surface area contributed by atoms with Gasteiger partial charge in [-0.1, -0.05) is 0 Å². The number of carbonyl (C=O) groups is 1. The van der Waals surface area contributed by atoms with Crippen LogP contribution in [0.2, 0.25) is 0 Å². The van der Waals surface area contributed by atoms with Gasteiger partial charge >= 0.3 is 6.09 Å². The summed E-state index contributed by atoms with van der Waals surface area (Å²) in [6.07, 6.45) is 2.71. The van der Waals surface area contributed by atoms with E-state index in [4.69, 9.17) is 9.47 Å². The van der Waals surface area contributed by atoms with Crippen LogP contribution < -0.4 is 0 Å². The Kier molecular flexibility index (Phi) is 2.87. The third-order valence-corrected chi connectivity index (χ3v) is 3.98. The van der Waals surface area contributed by atoms with Gasteiger partial charge in [-0.05, 0) is 32.9 Å². The van der Waals surface area contributed by atoms with Crippen molar-refractivity contribution in [2.24, 2.45) is 7.05 Å². The summed E-state index contributed by atoms with van der Waals surface area (Å²) in [7, 11) is 2.03. The predicted molar refractivity (Wildman–Crippen MR) is 74.4 cm³/mol. The number of ether oxygens (including phenoxy) is 2. The Balaban J connectivity index is 1.66. The molecule has 5 nitrogen and oxygen atoms in total. The number of piperidine rings is 1. The second kappa shape index (κ2) is 4.25. The van der Waals surface area contributed by atoms with E-state index in [2.05, 4.69) is 10.6 Å². The molecule has 2 aliphatic heterocycles. The molecular weight excluding hydrogens is 256 g/mol. The molecule has 0 aliphatic carbocycles. The molecule has 0 aromatic carbocycles. The molecule has 1 aromatic heterocycles. The van der Waals surface area contributed by atoms with E-state index < -0.39 is 5.60 Å². The summed E-state index contributed by atoms with van der Waals surface area (Å²) in [6, 6.07) is 4.13. The Hall–Kier alpha value is -1.49. The van der Waals surface area contributed by atoms with E-state index in [1.807, 2.05) is 40.1 Å². The predicted octanol–water partition coefficient (Wildman–Crippen LogP) is 2.26. The van der Waals surface area contributed by atoms with Gasteiger partial charge in [-0.2, -0.15) is 0 Å². The van der Waals surface area contributed by atoms with Crippen molar-refractivity contribution in [3.05, 3.63) is 24.0 Å². The summed E-state index contributed by atoms with van der Waals surface area (Å²) in [4.78, 5) is 13.8. The Morgan fingerprint density at radius 3 is 2.80 bits per heavy atom. The number of nitrogens with zero attached hydrogens (tertiary/aromatic N) is 2. The van der Waals surface area contributed by atoms with Crippen LogP contribution in [0.5, 0.6) is 0 Å². The zero-order valence-electron chi connectivity index (χ0n) is 12.5. The van der Waals surface area contributed by atoms with E-state index in [0.29, 0.717) is 13.1 Å². The first-order valence-electron chi connectivity index (χ1n) is 7.09. The van der Waals surface area contributed by atoms with Crippen LogP contribution in [0.1, 0.15) is 32.9 Å². The molecule has 2 saturated heterocycles. The molecule has 20 heavy (non-hydrogen) atoms. The lowest BCUT2D eigenvalue weighted by Gasteiger charge is -2.31. The molecule has 5 heteroatoms. The Morgan fingerprint density at radius 2 is 2.25 bits per heavy atom. The molecule has 0 bridgehead atoms. The number of amides is 1. The number of epoxide rings is 1. The second-order valence-electron chi connectivity index (χ2n) is 6.68. The van der Waals surface area contributed by atoms with Crippen LogP contribution >= 0.6 is 0 Å². The summed E-state index contributed by atoms with van der Waals surface area (Å²) < 4.78 is 13.4. The van der Waals surface area contributed by atoms with Gasteiger partial charge in [-0.3, -0.25) is 0 Å². The van der Waals surface area contributed by atoms with Gasteiger partial charge in [0.25, 0.3) is 0 Å². The van der Waals surface area contributed by atoms with Gasteiger partial charge in [0, 0.05) is 26.2 Å². The van der Waals surface area contributed by atoms with Crippen LogP contribution in [0.25, 0.3) is 0 Å². The van der Waals surface area contributed by atoms with Crippen molar-refractivity contribution in [2.45, 2.75) is 44.5 Å². The second-order valence-corrected chi connectivity index (χ2v) is 6.68. The van der Waals surface area contributed by atoms with Gasteiger partial charge in [0.2, 0.25) is 0 Å². The molecule has 0 unspecified atom stereocenters. The van der Waals surface area contributed by atoms with Crippen LogP contribution in [0.4, 0.5) is 4.79 Å². The maximum atomic E-state index is 12.1. The molecule has 2 atom stereocenters. The number of fused-ring (bicyclic) bond motifs is 1. The maximum absolute atomic E-state index is 12.1. The molecule has 1 aromatic rings. The fourth-order valence-electron chi connectivity index (χ4n) is 2.96. The molecule has 110 valence electrons. The van der Waals surface area contributed by atoms with Gasteiger partial charge in [-0.25, -0.2) is 4.79 Å². The largest absolute Gasteiger partial charge is 0.444 e. The van der Waals surface area contributed by atoms with Crippen molar-refractivity contribution in [2.75, 3.05) is 13.1 Å². The molecule has 0 saturated carbocycles. The van der Waals surface area contributed by atoms with Crippen LogP contribution in [0.15, 0.2) is 18.3 Å². The van der Waals surface area contributed by atoms with E-state index >= 15 is 0 Å². The Morgan fingerprint density at radius 1 is 1.50 bits per heavy atom. The van der Waals surface area contributed by atoms with Gasteiger partial charge in [0.15, 0.2) is 0 Å². The highest BCUT2D eigenvalue weighted by molar-refractivity contribution is 5.68. The Labute approximate surface area is 119 Å². The van der Waals surface area contributed by atoms with Crippen molar-refractivity contribution in [3.8, 4) is 0 Å². The quantitative estimate of drug-likeness (QED) is 0.740. The van der Waals surface area contributed by atoms with Gasteiger partial charge < -0.3 is 18.9 Å². The summed E-state index contributed by atoms with van der Waals surface area (Å²) in [5.41, 5.74) is 0.566. The molecule has 2 aliphatic rings. The minimum Gasteiger partial charge on any atom is -0.444 e. The van der Waals surface area contributed by atoms with E-state index in [-0.39, 0.29) is 17.8 Å². The highest BCUT2D eigenvalue weighted by Crippen LogP contribution is 2.51. The lowest BCUT2D eigenvalue weighted by molar-refractivity contribution is 0.0216. The first-order valence-corrected chi connectivity index (χ1v) is 7.09. The number of likely N-dealkylation sites (tertiary alicyclic amines) is 1. The summed E-state index contributed by atoms with van der Waals surface area (Å²) in [6.45, 7) is 6.95. The summed E-state index contributed by atoms with van der Waals surface area (Å²) in [5.74, 6) is 0. The fraction of sp³-hybridized carbons (Fsp3) is 0.667. The number of aromatic nitrogens is 1. The number of aryl methyl sites for hydroxylation is 1. The first kappa shape index (κ1) is 13.5. The Bertz CT molecular complexity index is 531.